The summed E-state index contributed by atoms with van der Waals surface area (Å²) in [4.78, 5) is 15.7. The summed E-state index contributed by atoms with van der Waals surface area (Å²) in [6.45, 7) is 6.38. The predicted molar refractivity (Wildman–Crippen MR) is 85.6 cm³/mol. The Morgan fingerprint density at radius 2 is 2.15 bits per heavy atom. The number of nitrogens with one attached hydrogen (secondary N) is 2. The molecule has 0 saturated carbocycles. The van der Waals surface area contributed by atoms with E-state index in [1.54, 1.807) is 12.3 Å². The molecular weight excluding hydrogens is 274 g/mol. The zero-order chi connectivity index (χ0) is 15.0. The first-order chi connectivity index (χ1) is 9.40. The number of thioether (sulfide) groups is 1. The average molecular weight is 297 g/mol. The molecule has 6 heteroatoms. The van der Waals surface area contributed by atoms with E-state index in [4.69, 9.17) is 4.74 Å². The van der Waals surface area contributed by atoms with Crippen molar-refractivity contribution in [3.63, 3.8) is 0 Å². The molecule has 0 aromatic carbocycles. The SMILES string of the molecule is CSCCCNc1ccc(NC(=O)OC(C)(C)C)nc1. The third-order valence-corrected chi connectivity index (χ3v) is 2.94. The number of aromatic nitrogens is 1. The monoisotopic (exact) mass is 297 g/mol. The maximum absolute atomic E-state index is 11.6. The smallest absolute Gasteiger partial charge is 0.413 e. The summed E-state index contributed by atoms with van der Waals surface area (Å²) < 4.78 is 5.16. The molecule has 1 aromatic rings. The molecule has 2 N–H and O–H groups in total. The van der Waals surface area contributed by atoms with Crippen LogP contribution in [0.3, 0.4) is 0 Å². The molecule has 0 spiro atoms. The van der Waals surface area contributed by atoms with Gasteiger partial charge in [-0.3, -0.25) is 5.32 Å². The second-order valence-corrected chi connectivity index (χ2v) is 6.32. The van der Waals surface area contributed by atoms with Gasteiger partial charge in [-0.05, 0) is 51.3 Å². The fourth-order valence-corrected chi connectivity index (χ4v) is 1.86. The normalized spacial score (nSPS) is 11.0. The number of carbonyl (C=O) groups is 1. The largest absolute Gasteiger partial charge is 0.444 e. The van der Waals surface area contributed by atoms with Crippen LogP contribution in [0.2, 0.25) is 0 Å². The minimum atomic E-state index is -0.511. The second kappa shape index (κ2) is 7.99. The summed E-state index contributed by atoms with van der Waals surface area (Å²) in [5, 5.41) is 5.88. The van der Waals surface area contributed by atoms with Crippen molar-refractivity contribution in [1.29, 1.82) is 0 Å². The highest BCUT2D eigenvalue weighted by Gasteiger charge is 2.16. The van der Waals surface area contributed by atoms with Crippen LogP contribution < -0.4 is 10.6 Å². The Morgan fingerprint density at radius 1 is 1.40 bits per heavy atom. The zero-order valence-electron chi connectivity index (χ0n) is 12.5. The maximum atomic E-state index is 11.6. The first-order valence-corrected chi connectivity index (χ1v) is 7.99. The third kappa shape index (κ3) is 7.23. The van der Waals surface area contributed by atoms with Gasteiger partial charge in [-0.1, -0.05) is 0 Å². The Morgan fingerprint density at radius 3 is 2.70 bits per heavy atom. The molecule has 0 bridgehead atoms. The van der Waals surface area contributed by atoms with E-state index in [1.807, 2.05) is 38.6 Å². The summed E-state index contributed by atoms with van der Waals surface area (Å²) in [6, 6.07) is 3.64. The van der Waals surface area contributed by atoms with Gasteiger partial charge in [-0.2, -0.15) is 11.8 Å². The molecule has 1 heterocycles. The van der Waals surface area contributed by atoms with Crippen LogP contribution in [0.1, 0.15) is 27.2 Å². The number of amides is 1. The molecule has 5 nitrogen and oxygen atoms in total. The highest BCUT2D eigenvalue weighted by atomic mass is 32.2. The van der Waals surface area contributed by atoms with Gasteiger partial charge in [0, 0.05) is 6.54 Å². The highest BCUT2D eigenvalue weighted by molar-refractivity contribution is 7.98. The molecule has 0 aliphatic rings. The summed E-state index contributed by atoms with van der Waals surface area (Å²) in [7, 11) is 0. The third-order valence-electron chi connectivity index (χ3n) is 2.25. The van der Waals surface area contributed by atoms with Crippen molar-refractivity contribution in [2.75, 3.05) is 29.2 Å². The van der Waals surface area contributed by atoms with Gasteiger partial charge >= 0.3 is 6.09 Å². The van der Waals surface area contributed by atoms with Gasteiger partial charge < -0.3 is 10.1 Å². The van der Waals surface area contributed by atoms with E-state index in [9.17, 15) is 4.79 Å². The number of hydrogen-bond acceptors (Lipinski definition) is 5. The van der Waals surface area contributed by atoms with Crippen molar-refractivity contribution in [3.8, 4) is 0 Å². The predicted octanol–water partition coefficient (Wildman–Crippen LogP) is 3.59. The van der Waals surface area contributed by atoms with Crippen molar-refractivity contribution >= 4 is 29.4 Å². The lowest BCUT2D eigenvalue weighted by molar-refractivity contribution is 0.0635. The van der Waals surface area contributed by atoms with Gasteiger partial charge in [-0.15, -0.1) is 0 Å². The van der Waals surface area contributed by atoms with E-state index in [0.717, 1.165) is 24.4 Å². The number of anilines is 2. The van der Waals surface area contributed by atoms with Crippen LogP contribution >= 0.6 is 11.8 Å². The lowest BCUT2D eigenvalue weighted by Gasteiger charge is -2.19. The summed E-state index contributed by atoms with van der Waals surface area (Å²) in [5.41, 5.74) is 0.434. The van der Waals surface area contributed by atoms with Crippen LogP contribution in [0, 0.1) is 0 Å². The lowest BCUT2D eigenvalue weighted by atomic mass is 10.2. The zero-order valence-corrected chi connectivity index (χ0v) is 13.3. The van der Waals surface area contributed by atoms with Crippen LogP contribution in [-0.4, -0.2) is 35.2 Å². The molecule has 0 aliphatic heterocycles. The number of ether oxygens (including phenoxy) is 1. The van der Waals surface area contributed by atoms with Crippen molar-refractivity contribution in [2.45, 2.75) is 32.8 Å². The minimum Gasteiger partial charge on any atom is -0.444 e. The molecule has 0 aliphatic carbocycles. The van der Waals surface area contributed by atoms with Gasteiger partial charge in [0.1, 0.15) is 11.4 Å². The Hall–Kier alpha value is -1.43. The summed E-state index contributed by atoms with van der Waals surface area (Å²) >= 11 is 1.83. The fraction of sp³-hybridized carbons (Fsp3) is 0.571. The topological polar surface area (TPSA) is 63.2 Å². The highest BCUT2D eigenvalue weighted by Crippen LogP contribution is 2.12. The Kier molecular flexibility index (Phi) is 6.64. The Bertz CT molecular complexity index is 415. The van der Waals surface area contributed by atoms with E-state index < -0.39 is 11.7 Å². The van der Waals surface area contributed by atoms with Crippen LogP contribution in [0.15, 0.2) is 18.3 Å². The van der Waals surface area contributed by atoms with Gasteiger partial charge in [0.25, 0.3) is 0 Å². The first-order valence-electron chi connectivity index (χ1n) is 6.59. The van der Waals surface area contributed by atoms with Gasteiger partial charge in [-0.25, -0.2) is 9.78 Å². The van der Waals surface area contributed by atoms with E-state index in [0.29, 0.717) is 5.82 Å². The molecular formula is C14H23N3O2S. The number of rotatable bonds is 6. The average Bonchev–Trinajstić information content (AvgIpc) is 2.34. The van der Waals surface area contributed by atoms with Crippen molar-refractivity contribution in [3.05, 3.63) is 18.3 Å². The molecule has 1 aromatic heterocycles. The number of carbonyl (C=O) groups excluding carboxylic acids is 1. The molecule has 20 heavy (non-hydrogen) atoms. The molecule has 0 unspecified atom stereocenters. The van der Waals surface area contributed by atoms with Crippen LogP contribution in [0.5, 0.6) is 0 Å². The van der Waals surface area contributed by atoms with Gasteiger partial charge in [0.15, 0.2) is 0 Å². The Labute approximate surface area is 124 Å². The lowest BCUT2D eigenvalue weighted by Crippen LogP contribution is -2.27. The van der Waals surface area contributed by atoms with E-state index >= 15 is 0 Å². The minimum absolute atomic E-state index is 0.480. The summed E-state index contributed by atoms with van der Waals surface area (Å²) in [5.74, 6) is 1.62. The number of nitrogens with zero attached hydrogens (tertiary/aromatic N) is 1. The molecule has 0 fully saturated rings. The molecule has 1 amide bonds. The van der Waals surface area contributed by atoms with E-state index in [2.05, 4.69) is 21.9 Å². The second-order valence-electron chi connectivity index (χ2n) is 5.33. The van der Waals surface area contributed by atoms with Crippen LogP contribution in [0.4, 0.5) is 16.3 Å². The molecule has 1 rings (SSSR count). The number of hydrogen-bond donors (Lipinski definition) is 2. The maximum Gasteiger partial charge on any atom is 0.413 e. The molecule has 112 valence electrons. The van der Waals surface area contributed by atoms with Gasteiger partial charge in [0.05, 0.1) is 11.9 Å². The summed E-state index contributed by atoms with van der Waals surface area (Å²) in [6.07, 6.45) is 4.41. The molecule has 0 saturated heterocycles. The van der Waals surface area contributed by atoms with E-state index in [1.165, 1.54) is 0 Å². The van der Waals surface area contributed by atoms with Crippen LogP contribution in [0.25, 0.3) is 0 Å². The standard InChI is InChI=1S/C14H23N3O2S/c1-14(2,3)19-13(18)17-12-7-6-11(10-16-12)15-8-5-9-20-4/h6-7,10,15H,5,8-9H2,1-4H3,(H,16,17,18). The molecule has 0 atom stereocenters. The van der Waals surface area contributed by atoms with Crippen molar-refractivity contribution < 1.29 is 9.53 Å². The molecule has 0 radical (unpaired) electrons. The van der Waals surface area contributed by atoms with Crippen molar-refractivity contribution in [1.82, 2.24) is 4.98 Å². The van der Waals surface area contributed by atoms with Crippen molar-refractivity contribution in [2.24, 2.45) is 0 Å². The Balaban J connectivity index is 2.40. The van der Waals surface area contributed by atoms with E-state index in [-0.39, 0.29) is 0 Å². The number of pyridine rings is 1. The quantitative estimate of drug-likeness (QED) is 0.786. The van der Waals surface area contributed by atoms with Gasteiger partial charge in [0.2, 0.25) is 0 Å². The fourth-order valence-electron chi connectivity index (χ4n) is 1.43. The van der Waals surface area contributed by atoms with Crippen LogP contribution in [-0.2, 0) is 4.74 Å². The first kappa shape index (κ1) is 16.6.